The SMILES string of the molecule is CCOc1cc2[nH]c(=O)n(CCCC(=O)N3CCC(N4CCCCC4)CC3)c(=O)c2cc1OCC. The van der Waals surface area contributed by atoms with Crippen LogP contribution in [-0.2, 0) is 11.3 Å². The molecule has 2 aliphatic rings. The highest BCUT2D eigenvalue weighted by Gasteiger charge is 2.27. The molecule has 2 saturated heterocycles. The summed E-state index contributed by atoms with van der Waals surface area (Å²) in [6, 6.07) is 3.85. The number of fused-ring (bicyclic) bond motifs is 1. The Morgan fingerprint density at radius 3 is 2.29 bits per heavy atom. The number of likely N-dealkylation sites (tertiary alicyclic amines) is 2. The predicted octanol–water partition coefficient (Wildman–Crippen LogP) is 2.74. The van der Waals surface area contributed by atoms with E-state index in [1.807, 2.05) is 18.7 Å². The van der Waals surface area contributed by atoms with Gasteiger partial charge in [0.1, 0.15) is 0 Å². The Morgan fingerprint density at radius 2 is 1.63 bits per heavy atom. The molecule has 1 N–H and O–H groups in total. The fourth-order valence-corrected chi connectivity index (χ4v) is 5.31. The standard InChI is InChI=1S/C26H38N4O5/c1-3-34-22-17-20-21(18-23(22)35-4-2)27-26(33)30(25(20)32)14-8-9-24(31)29-15-10-19(11-16-29)28-12-6-5-7-13-28/h17-19H,3-16H2,1-2H3,(H,27,33). The van der Waals surface area contributed by atoms with Gasteiger partial charge in [0.15, 0.2) is 11.5 Å². The number of hydrogen-bond acceptors (Lipinski definition) is 6. The molecular formula is C26H38N4O5. The quantitative estimate of drug-likeness (QED) is 0.586. The fourth-order valence-electron chi connectivity index (χ4n) is 5.31. The minimum Gasteiger partial charge on any atom is -0.490 e. The first-order valence-corrected chi connectivity index (χ1v) is 13.1. The Balaban J connectivity index is 1.37. The fraction of sp³-hybridized carbons (Fsp3) is 0.654. The van der Waals surface area contributed by atoms with Crippen LogP contribution in [0.1, 0.15) is 58.8 Å². The summed E-state index contributed by atoms with van der Waals surface area (Å²) in [6.07, 6.45) is 6.72. The molecule has 0 aliphatic carbocycles. The zero-order chi connectivity index (χ0) is 24.8. The van der Waals surface area contributed by atoms with Gasteiger partial charge in [-0.15, -0.1) is 0 Å². The number of nitrogens with zero attached hydrogens (tertiary/aromatic N) is 3. The molecule has 9 nitrogen and oxygen atoms in total. The number of H-pyrrole nitrogens is 1. The molecule has 35 heavy (non-hydrogen) atoms. The van der Waals surface area contributed by atoms with Crippen molar-refractivity contribution in [3.63, 3.8) is 0 Å². The Labute approximate surface area is 206 Å². The van der Waals surface area contributed by atoms with E-state index in [9.17, 15) is 14.4 Å². The maximum Gasteiger partial charge on any atom is 0.328 e. The number of ether oxygens (including phenoxy) is 2. The monoisotopic (exact) mass is 486 g/mol. The zero-order valence-electron chi connectivity index (χ0n) is 21.0. The third-order valence-corrected chi connectivity index (χ3v) is 7.14. The van der Waals surface area contributed by atoms with Gasteiger partial charge in [0.25, 0.3) is 5.56 Å². The van der Waals surface area contributed by atoms with Gasteiger partial charge in [-0.05, 0) is 65.1 Å². The van der Waals surface area contributed by atoms with Crippen LogP contribution in [0.15, 0.2) is 21.7 Å². The normalized spacial score (nSPS) is 17.6. The summed E-state index contributed by atoms with van der Waals surface area (Å²) in [5.74, 6) is 1.07. The molecule has 0 bridgehead atoms. The second-order valence-electron chi connectivity index (χ2n) is 9.41. The van der Waals surface area contributed by atoms with Crippen LogP contribution in [0.5, 0.6) is 11.5 Å². The van der Waals surface area contributed by atoms with Crippen molar-refractivity contribution in [3.05, 3.63) is 33.0 Å². The Bertz CT molecular complexity index is 1130. The molecule has 9 heteroatoms. The molecule has 0 atom stereocenters. The lowest BCUT2D eigenvalue weighted by Crippen LogP contribution is -2.48. The molecule has 0 saturated carbocycles. The first kappa shape index (κ1) is 25.3. The molecule has 1 aromatic carbocycles. The van der Waals surface area contributed by atoms with Gasteiger partial charge in [0.05, 0.1) is 24.1 Å². The van der Waals surface area contributed by atoms with Crippen LogP contribution >= 0.6 is 0 Å². The van der Waals surface area contributed by atoms with Crippen molar-refractivity contribution in [2.24, 2.45) is 0 Å². The molecular weight excluding hydrogens is 448 g/mol. The summed E-state index contributed by atoms with van der Waals surface area (Å²) < 4.78 is 12.4. The van der Waals surface area contributed by atoms with Crippen molar-refractivity contribution in [2.45, 2.75) is 71.4 Å². The van der Waals surface area contributed by atoms with Gasteiger partial charge in [-0.3, -0.25) is 14.2 Å². The molecule has 2 fully saturated rings. The van der Waals surface area contributed by atoms with E-state index in [4.69, 9.17) is 9.47 Å². The third kappa shape index (κ3) is 5.89. The van der Waals surface area contributed by atoms with Crippen LogP contribution in [-0.4, -0.2) is 70.7 Å². The lowest BCUT2D eigenvalue weighted by atomic mass is 9.99. The van der Waals surface area contributed by atoms with Crippen molar-refractivity contribution in [3.8, 4) is 11.5 Å². The van der Waals surface area contributed by atoms with Crippen molar-refractivity contribution in [2.75, 3.05) is 39.4 Å². The molecule has 1 amide bonds. The number of aromatic amines is 1. The van der Waals surface area contributed by atoms with Crippen molar-refractivity contribution >= 4 is 16.8 Å². The topological polar surface area (TPSA) is 96.9 Å². The lowest BCUT2D eigenvalue weighted by Gasteiger charge is -2.40. The van der Waals surface area contributed by atoms with Crippen LogP contribution in [0.3, 0.4) is 0 Å². The molecule has 0 unspecified atom stereocenters. The maximum atomic E-state index is 13.1. The average Bonchev–Trinajstić information content (AvgIpc) is 2.87. The van der Waals surface area contributed by atoms with E-state index in [0.717, 1.165) is 25.9 Å². The number of carbonyl (C=O) groups is 1. The molecule has 0 radical (unpaired) electrons. The van der Waals surface area contributed by atoms with E-state index in [1.165, 1.54) is 36.9 Å². The molecule has 0 spiro atoms. The van der Waals surface area contributed by atoms with Gasteiger partial charge >= 0.3 is 5.69 Å². The highest BCUT2D eigenvalue weighted by atomic mass is 16.5. The van der Waals surface area contributed by atoms with Crippen LogP contribution < -0.4 is 20.7 Å². The highest BCUT2D eigenvalue weighted by molar-refractivity contribution is 5.81. The molecule has 2 aliphatic heterocycles. The van der Waals surface area contributed by atoms with Gasteiger partial charge in [-0.2, -0.15) is 0 Å². The van der Waals surface area contributed by atoms with Crippen LogP contribution in [0, 0.1) is 0 Å². The summed E-state index contributed by atoms with van der Waals surface area (Å²) in [6.45, 7) is 8.74. The number of carbonyl (C=O) groups excluding carboxylic acids is 1. The largest absolute Gasteiger partial charge is 0.490 e. The van der Waals surface area contributed by atoms with E-state index in [-0.39, 0.29) is 18.0 Å². The predicted molar refractivity (Wildman–Crippen MR) is 135 cm³/mol. The van der Waals surface area contributed by atoms with E-state index in [0.29, 0.717) is 54.5 Å². The van der Waals surface area contributed by atoms with Gasteiger partial charge in [-0.25, -0.2) is 4.79 Å². The number of aromatic nitrogens is 2. The van der Waals surface area contributed by atoms with Gasteiger partial charge in [-0.1, -0.05) is 6.42 Å². The molecule has 1 aromatic heterocycles. The lowest BCUT2D eigenvalue weighted by molar-refractivity contribution is -0.133. The number of hydrogen-bond donors (Lipinski definition) is 1. The van der Waals surface area contributed by atoms with Crippen LogP contribution in [0.4, 0.5) is 0 Å². The summed E-state index contributed by atoms with van der Waals surface area (Å²) in [5.41, 5.74) is -0.456. The molecule has 3 heterocycles. The van der Waals surface area contributed by atoms with Crippen molar-refractivity contribution in [1.82, 2.24) is 19.4 Å². The highest BCUT2D eigenvalue weighted by Crippen LogP contribution is 2.30. The van der Waals surface area contributed by atoms with E-state index >= 15 is 0 Å². The first-order valence-electron chi connectivity index (χ1n) is 13.1. The zero-order valence-corrected chi connectivity index (χ0v) is 21.0. The number of amides is 1. The third-order valence-electron chi connectivity index (χ3n) is 7.14. The first-order chi connectivity index (χ1) is 17.0. The van der Waals surface area contributed by atoms with Gasteiger partial charge in [0, 0.05) is 38.2 Å². The molecule has 2 aromatic rings. The van der Waals surface area contributed by atoms with E-state index < -0.39 is 5.69 Å². The Kier molecular flexibility index (Phi) is 8.49. The van der Waals surface area contributed by atoms with Crippen molar-refractivity contribution < 1.29 is 14.3 Å². The van der Waals surface area contributed by atoms with Crippen LogP contribution in [0.2, 0.25) is 0 Å². The number of nitrogens with one attached hydrogen (secondary N) is 1. The van der Waals surface area contributed by atoms with Gasteiger partial charge in [0.2, 0.25) is 5.91 Å². The van der Waals surface area contributed by atoms with Gasteiger partial charge < -0.3 is 24.3 Å². The number of benzene rings is 1. The Morgan fingerprint density at radius 1 is 0.971 bits per heavy atom. The smallest absolute Gasteiger partial charge is 0.328 e. The molecule has 4 rings (SSSR count). The minimum atomic E-state index is -0.482. The minimum absolute atomic E-state index is 0.104. The second kappa shape index (κ2) is 11.7. The molecule has 192 valence electrons. The van der Waals surface area contributed by atoms with E-state index in [2.05, 4.69) is 9.88 Å². The van der Waals surface area contributed by atoms with E-state index in [1.54, 1.807) is 12.1 Å². The van der Waals surface area contributed by atoms with Crippen molar-refractivity contribution in [1.29, 1.82) is 0 Å². The summed E-state index contributed by atoms with van der Waals surface area (Å²) in [7, 11) is 0. The summed E-state index contributed by atoms with van der Waals surface area (Å²) >= 11 is 0. The summed E-state index contributed by atoms with van der Waals surface area (Å²) in [4.78, 5) is 45.8. The average molecular weight is 487 g/mol. The summed E-state index contributed by atoms with van der Waals surface area (Å²) in [5, 5.41) is 0.364. The number of rotatable bonds is 9. The maximum absolute atomic E-state index is 13.1. The Hall–Kier alpha value is -2.81. The number of piperidine rings is 2. The van der Waals surface area contributed by atoms with Crippen LogP contribution in [0.25, 0.3) is 10.9 Å². The second-order valence-corrected chi connectivity index (χ2v) is 9.41.